The molecular weight excluding hydrogens is 1670 g/mol. The SMILES string of the molecule is CCCOc1ccc(S(=O)(=O)N2CCC(CCO)CC2)cc1-c1nc2c(CCC)c(C=O)n(CC)c2c(=O)[nH]1.CCCOc1ccc(S(=O)(=O)N2CCC(CCO[N+](=O)[O-])CC2)cc1-c1nc2c(CCC)c(/C=N/O)n(CC)c2c(=O)[nH]1.CCCOc1ccc(S(=O)(=O)N2CCC(CCO[N+](=O)[O-])CC2)cc1-c1nc2c(CCC)c(C=O)n(CC)c2c(=O)[nH]1. The Hall–Kier alpha value is -10.8. The fourth-order valence-corrected chi connectivity index (χ4v) is 20.9. The lowest BCUT2D eigenvalue weighted by molar-refractivity contribution is -0.758. The number of aliphatic hydroxyl groups excluding tert-OH is 1. The van der Waals surface area contributed by atoms with Gasteiger partial charge in [-0.05, 0) is 189 Å². The first-order valence-corrected chi connectivity index (χ1v) is 46.9. The third kappa shape index (κ3) is 21.4. The number of hydrogen-bond donors (Lipinski definition) is 5. The summed E-state index contributed by atoms with van der Waals surface area (Å²) in [5.41, 5.74) is 5.68. The number of ether oxygens (including phenoxy) is 3. The van der Waals surface area contributed by atoms with Crippen molar-refractivity contribution in [3.05, 3.63) is 140 Å². The molecule has 0 radical (unpaired) electrons. The fourth-order valence-electron chi connectivity index (χ4n) is 16.4. The largest absolute Gasteiger partial charge is 0.493 e. The topological polar surface area (TPSA) is 484 Å². The van der Waals surface area contributed by atoms with E-state index < -0.39 is 56.9 Å². The Morgan fingerprint density at radius 1 is 0.452 bits per heavy atom. The monoisotopic (exact) mass is 1780 g/mol. The zero-order valence-electron chi connectivity index (χ0n) is 71.6. The van der Waals surface area contributed by atoms with Gasteiger partial charge in [-0.15, -0.1) is 20.2 Å². The quantitative estimate of drug-likeness (QED) is 0.00783. The summed E-state index contributed by atoms with van der Waals surface area (Å²) in [4.78, 5) is 117. The van der Waals surface area contributed by atoms with Crippen molar-refractivity contribution in [2.45, 2.75) is 212 Å². The predicted molar refractivity (Wildman–Crippen MR) is 465 cm³/mol. The van der Waals surface area contributed by atoms with Crippen molar-refractivity contribution in [1.29, 1.82) is 0 Å². The maximum Gasteiger partial charge on any atom is 0.294 e. The van der Waals surface area contributed by atoms with Gasteiger partial charge in [0, 0.05) is 82.2 Å². The van der Waals surface area contributed by atoms with Crippen molar-refractivity contribution in [1.82, 2.24) is 56.5 Å². The molecule has 0 spiro atoms. The van der Waals surface area contributed by atoms with Crippen LogP contribution in [-0.2, 0) is 78.6 Å². The summed E-state index contributed by atoms with van der Waals surface area (Å²) in [6.07, 6.45) is 14.2. The van der Waals surface area contributed by atoms with Gasteiger partial charge in [0.2, 0.25) is 30.1 Å². The summed E-state index contributed by atoms with van der Waals surface area (Å²) in [5.74, 6) is 2.27. The van der Waals surface area contributed by atoms with E-state index in [2.05, 4.69) is 29.8 Å². The molecule has 6 aromatic heterocycles. The van der Waals surface area contributed by atoms with Crippen molar-refractivity contribution in [3.8, 4) is 51.4 Å². The van der Waals surface area contributed by atoms with Crippen LogP contribution in [0.15, 0.2) is 88.8 Å². The zero-order chi connectivity index (χ0) is 89.7. The van der Waals surface area contributed by atoms with Crippen molar-refractivity contribution >= 4 is 82.0 Å². The van der Waals surface area contributed by atoms with Gasteiger partial charge in [-0.25, -0.2) is 40.2 Å². The highest BCUT2D eigenvalue weighted by Gasteiger charge is 2.36. The molecule has 3 saturated heterocycles. The van der Waals surface area contributed by atoms with Gasteiger partial charge in [-0.1, -0.05) is 66.0 Å². The summed E-state index contributed by atoms with van der Waals surface area (Å²) in [6, 6.07) is 13.7. The summed E-state index contributed by atoms with van der Waals surface area (Å²) < 4.78 is 109. The van der Waals surface area contributed by atoms with Gasteiger partial charge in [0.1, 0.15) is 67.8 Å². The summed E-state index contributed by atoms with van der Waals surface area (Å²) in [5, 5.41) is 40.9. The van der Waals surface area contributed by atoms with Crippen molar-refractivity contribution in [2.24, 2.45) is 22.9 Å². The Morgan fingerprint density at radius 3 is 1.00 bits per heavy atom. The number of aldehydes is 2. The Kier molecular flexibility index (Phi) is 33.6. The van der Waals surface area contributed by atoms with Crippen LogP contribution in [-0.4, -0.2) is 200 Å². The lowest BCUT2D eigenvalue weighted by Gasteiger charge is -2.31. The molecule has 0 unspecified atom stereocenters. The number of carbonyl (C=O) groups is 2. The number of hydrogen-bond acceptors (Lipinski definition) is 26. The van der Waals surface area contributed by atoms with Crippen LogP contribution >= 0.6 is 0 Å². The molecule has 3 aromatic carbocycles. The number of piperidine rings is 3. The Bertz CT molecular complexity index is 5860. The summed E-state index contributed by atoms with van der Waals surface area (Å²) in [7, 11) is -11.6. The summed E-state index contributed by atoms with van der Waals surface area (Å²) >= 11 is 0. The Balaban J connectivity index is 0.000000195. The normalized spacial score (nSPS) is 15.0. The molecule has 0 amide bonds. The molecule has 3 aliphatic rings. The molecule has 3 aliphatic heterocycles. The molecule has 9 aromatic rings. The first-order valence-electron chi connectivity index (χ1n) is 42.6. The minimum absolute atomic E-state index is 0.0154. The van der Waals surface area contributed by atoms with Crippen LogP contribution in [0.1, 0.15) is 202 Å². The molecule has 37 nitrogen and oxygen atoms in total. The number of sulfonamides is 3. The van der Waals surface area contributed by atoms with E-state index in [9.17, 15) is 79.8 Å². The van der Waals surface area contributed by atoms with Gasteiger partial charge in [0.05, 0.1) is 87.7 Å². The number of aliphatic hydroxyl groups is 1. The fraction of sp³-hybridized carbons (Fsp3) is 0.536. The van der Waals surface area contributed by atoms with Crippen LogP contribution in [0.2, 0.25) is 0 Å². The number of carbonyl (C=O) groups excluding carboxylic acids is 2. The molecule has 9 heterocycles. The molecule has 0 bridgehead atoms. The molecular formula is C84H113N15O22S3. The van der Waals surface area contributed by atoms with E-state index in [1.807, 2.05) is 62.3 Å². The number of fused-ring (bicyclic) bond motifs is 3. The number of rotatable bonds is 40. The zero-order valence-corrected chi connectivity index (χ0v) is 74.1. The van der Waals surface area contributed by atoms with Gasteiger partial charge >= 0.3 is 0 Å². The minimum Gasteiger partial charge on any atom is -0.493 e. The number of aromatic nitrogens is 9. The smallest absolute Gasteiger partial charge is 0.294 e. The number of nitrogens with zero attached hydrogens (tertiary/aromatic N) is 12. The van der Waals surface area contributed by atoms with Crippen LogP contribution in [0.4, 0.5) is 0 Å². The maximum atomic E-state index is 13.7. The van der Waals surface area contributed by atoms with Gasteiger partial charge < -0.3 is 62.9 Å². The van der Waals surface area contributed by atoms with Crippen LogP contribution in [0, 0.1) is 38.0 Å². The third-order valence-electron chi connectivity index (χ3n) is 22.6. The van der Waals surface area contributed by atoms with Gasteiger partial charge in [0.15, 0.2) is 12.6 Å². The molecule has 0 aliphatic carbocycles. The Morgan fingerprint density at radius 2 is 0.742 bits per heavy atom. The highest BCUT2D eigenvalue weighted by molar-refractivity contribution is 7.89. The Labute approximate surface area is 718 Å². The molecule has 0 saturated carbocycles. The number of oxime groups is 1. The number of benzene rings is 3. The second kappa shape index (κ2) is 43.7. The van der Waals surface area contributed by atoms with E-state index in [0.717, 1.165) is 43.8 Å². The van der Waals surface area contributed by atoms with Crippen molar-refractivity contribution in [3.63, 3.8) is 0 Å². The lowest BCUT2D eigenvalue weighted by Crippen LogP contribution is -2.38. The number of H-pyrrole nitrogens is 3. The number of aromatic amines is 3. The van der Waals surface area contributed by atoms with Crippen LogP contribution in [0.3, 0.4) is 0 Å². The average molecular weight is 1780 g/mol. The van der Waals surface area contributed by atoms with Gasteiger partial charge in [-0.3, -0.25) is 24.0 Å². The summed E-state index contributed by atoms with van der Waals surface area (Å²) in [6.45, 7) is 21.8. The highest BCUT2D eigenvalue weighted by Crippen LogP contribution is 2.40. The van der Waals surface area contributed by atoms with E-state index in [4.69, 9.17) is 29.2 Å². The van der Waals surface area contributed by atoms with Crippen LogP contribution < -0.4 is 30.9 Å². The van der Waals surface area contributed by atoms with Crippen LogP contribution in [0.25, 0.3) is 67.3 Å². The molecule has 3 fully saturated rings. The van der Waals surface area contributed by atoms with E-state index in [1.165, 1.54) is 55.5 Å². The van der Waals surface area contributed by atoms with E-state index >= 15 is 0 Å². The molecule has 12 rings (SSSR count). The molecule has 674 valence electrons. The van der Waals surface area contributed by atoms with Crippen molar-refractivity contribution < 1.29 is 79.2 Å². The molecule has 0 atom stereocenters. The van der Waals surface area contributed by atoms with Gasteiger partial charge in [0.25, 0.3) is 26.9 Å². The first kappa shape index (κ1) is 95.5. The average Bonchev–Trinajstić information content (AvgIpc) is 1.58. The van der Waals surface area contributed by atoms with E-state index in [0.29, 0.717) is 244 Å². The van der Waals surface area contributed by atoms with Crippen LogP contribution in [0.5, 0.6) is 17.2 Å². The molecule has 5 N–H and O–H groups in total. The first-order chi connectivity index (χ1) is 59.6. The predicted octanol–water partition coefficient (Wildman–Crippen LogP) is 11.7. The van der Waals surface area contributed by atoms with Crippen molar-refractivity contribution in [2.75, 3.05) is 78.9 Å². The lowest BCUT2D eigenvalue weighted by atomic mass is 9.95. The maximum absolute atomic E-state index is 13.7. The third-order valence-corrected chi connectivity index (χ3v) is 28.3. The second-order valence-electron chi connectivity index (χ2n) is 30.7. The highest BCUT2D eigenvalue weighted by atomic mass is 32.2. The molecule has 40 heteroatoms. The molecule has 124 heavy (non-hydrogen) atoms. The number of nitrogens with one attached hydrogen (secondary N) is 3. The second-order valence-corrected chi connectivity index (χ2v) is 36.5. The van der Waals surface area contributed by atoms with Gasteiger partial charge in [-0.2, -0.15) is 12.9 Å². The standard InChI is InChI=1S/C28H38N6O8S.C28H37N5O8S.C28H38N4O6S/c1-4-7-21-23(18-29-36)33(6-3)26-25(21)30-27(31-28(26)35)22-17-20(8-9-24(22)41-15-5-2)43(39,40)32-13-10-19(11-14-32)12-16-42-34(37)38;1-4-7-21-23(18-34)32(6-3)26-25(21)29-27(30-28(26)35)22-17-20(8-9-24(22)40-15-5-2)42(38,39)31-13-10-19(11-14-31)12-16-41-33(36)37;1-4-7-21-23(18-34)32(6-3)26-25(21)29-27(30-28(26)35)22-17-20(8-9-24(22)38-16-5-2)39(36,37)31-13-10-19(11-14-31)12-15-33/h8-9,17-19,36H,4-7,10-16H2,1-3H3,(H,30,31,35);8-9,17-19H,4-7,10-16H2,1-3H3,(H,29,30,35);8-9,17-19,33H,4-7,10-16H2,1-3H3,(H,29,30,35)/b29-18+;;. The van der Waals surface area contributed by atoms with E-state index in [1.54, 1.807) is 31.9 Å². The van der Waals surface area contributed by atoms with E-state index in [-0.39, 0.29) is 90.0 Å². The number of aryl methyl sites for hydroxylation is 6. The minimum atomic E-state index is -3.90.